The van der Waals surface area contributed by atoms with E-state index in [0.29, 0.717) is 17.5 Å². The smallest absolute Gasteiger partial charge is 0.164 e. The maximum absolute atomic E-state index is 5.21. The second-order valence-electron chi connectivity index (χ2n) is 15.0. The Hall–Kier alpha value is -7.60. The van der Waals surface area contributed by atoms with Gasteiger partial charge in [0, 0.05) is 58.6 Å². The van der Waals surface area contributed by atoms with Gasteiger partial charge in [0.2, 0.25) is 0 Å². The fourth-order valence-corrected chi connectivity index (χ4v) is 9.87. The molecule has 0 fully saturated rings. The molecular weight excluding hydrogens is 737 g/mol. The highest BCUT2D eigenvalue weighted by Crippen LogP contribution is 2.46. The van der Waals surface area contributed by atoms with Gasteiger partial charge < -0.3 is 0 Å². The Labute approximate surface area is 343 Å². The highest BCUT2D eigenvalue weighted by molar-refractivity contribution is 7.26. The van der Waals surface area contributed by atoms with Crippen molar-refractivity contribution < 1.29 is 0 Å². The summed E-state index contributed by atoms with van der Waals surface area (Å²) in [5.41, 5.74) is 8.25. The van der Waals surface area contributed by atoms with E-state index in [-0.39, 0.29) is 0 Å². The Kier molecular flexibility index (Phi) is 7.68. The largest absolute Gasteiger partial charge is 0.247 e. The van der Waals surface area contributed by atoms with Gasteiger partial charge in [-0.15, -0.1) is 11.3 Å². The van der Waals surface area contributed by atoms with Gasteiger partial charge in [0.15, 0.2) is 17.5 Å². The van der Waals surface area contributed by atoms with Gasteiger partial charge in [-0.3, -0.25) is 0 Å². The normalized spacial score (nSPS) is 11.7. The summed E-state index contributed by atoms with van der Waals surface area (Å²) in [5.74, 6) is 1.92. The maximum atomic E-state index is 5.21. The van der Waals surface area contributed by atoms with Crippen molar-refractivity contribution in [1.29, 1.82) is 0 Å². The zero-order chi connectivity index (χ0) is 38.9. The summed E-state index contributed by atoms with van der Waals surface area (Å²) in [6.45, 7) is 0. The third-order valence-electron chi connectivity index (χ3n) is 11.5. The molecule has 0 saturated carbocycles. The van der Waals surface area contributed by atoms with Gasteiger partial charge in [0.25, 0.3) is 0 Å². The number of rotatable bonds is 5. The van der Waals surface area contributed by atoms with Crippen molar-refractivity contribution in [3.05, 3.63) is 194 Å². The van der Waals surface area contributed by atoms with Crippen LogP contribution in [0.1, 0.15) is 0 Å². The summed E-state index contributed by atoms with van der Waals surface area (Å²) in [4.78, 5) is 20.7. The van der Waals surface area contributed by atoms with Crippen LogP contribution in [0.25, 0.3) is 120 Å². The lowest BCUT2D eigenvalue weighted by Gasteiger charge is -2.12. The molecule has 0 bridgehead atoms. The molecule has 12 aromatic rings. The van der Waals surface area contributed by atoms with Crippen LogP contribution in [0.15, 0.2) is 194 Å². The Morgan fingerprint density at radius 3 is 1.59 bits per heavy atom. The van der Waals surface area contributed by atoms with Gasteiger partial charge in [0.05, 0.1) is 11.2 Å². The number of thiophene rings is 1. The molecule has 5 heteroatoms. The minimum Gasteiger partial charge on any atom is -0.247 e. The monoisotopic (exact) mass is 768 g/mol. The molecule has 0 unspecified atom stereocenters. The average molecular weight is 769 g/mol. The number of benzene rings is 9. The summed E-state index contributed by atoms with van der Waals surface area (Å²) < 4.78 is 2.50. The summed E-state index contributed by atoms with van der Waals surface area (Å²) in [7, 11) is 0. The number of hydrogen-bond acceptors (Lipinski definition) is 5. The van der Waals surface area contributed by atoms with E-state index in [2.05, 4.69) is 194 Å². The van der Waals surface area contributed by atoms with Gasteiger partial charge >= 0.3 is 0 Å². The molecule has 3 aromatic heterocycles. The van der Waals surface area contributed by atoms with E-state index in [9.17, 15) is 0 Å². The van der Waals surface area contributed by atoms with E-state index in [1.165, 1.54) is 47.3 Å². The number of fused-ring (bicyclic) bond motifs is 9. The predicted octanol–water partition coefficient (Wildman–Crippen LogP) is 14.6. The average Bonchev–Trinajstić information content (AvgIpc) is 3.70. The first-order valence-corrected chi connectivity index (χ1v) is 20.6. The van der Waals surface area contributed by atoms with Crippen LogP contribution in [-0.2, 0) is 0 Å². The molecule has 0 aliphatic heterocycles. The molecular formula is C54H32N4S. The molecule has 4 nitrogen and oxygen atoms in total. The van der Waals surface area contributed by atoms with Gasteiger partial charge in [-0.2, -0.15) is 0 Å². The van der Waals surface area contributed by atoms with Crippen LogP contribution < -0.4 is 0 Å². The number of pyridine rings is 1. The van der Waals surface area contributed by atoms with E-state index in [1.807, 2.05) is 11.3 Å². The third-order valence-corrected chi connectivity index (χ3v) is 12.7. The van der Waals surface area contributed by atoms with E-state index in [1.54, 1.807) is 0 Å². The van der Waals surface area contributed by atoms with Crippen LogP contribution in [0.4, 0.5) is 0 Å². The summed E-state index contributed by atoms with van der Waals surface area (Å²) in [6, 6.07) is 68.6. The molecule has 59 heavy (non-hydrogen) atoms. The number of nitrogens with zero attached hydrogens (tertiary/aromatic N) is 4. The molecule has 0 atom stereocenters. The minimum absolute atomic E-state index is 0.634. The lowest BCUT2D eigenvalue weighted by molar-refractivity contribution is 1.08. The maximum Gasteiger partial charge on any atom is 0.164 e. The van der Waals surface area contributed by atoms with Crippen molar-refractivity contribution in [3.8, 4) is 56.5 Å². The lowest BCUT2D eigenvalue weighted by Crippen LogP contribution is -2.00. The van der Waals surface area contributed by atoms with Crippen molar-refractivity contribution in [2.75, 3.05) is 0 Å². The van der Waals surface area contributed by atoms with Gasteiger partial charge in [0.1, 0.15) is 0 Å². The third kappa shape index (κ3) is 5.66. The number of hydrogen-bond donors (Lipinski definition) is 0. The first kappa shape index (κ1) is 33.5. The van der Waals surface area contributed by atoms with Crippen LogP contribution in [0, 0.1) is 0 Å². The zero-order valence-electron chi connectivity index (χ0n) is 31.7. The Balaban J connectivity index is 1.04. The second-order valence-corrected chi connectivity index (χ2v) is 16.1. The highest BCUT2D eigenvalue weighted by Gasteiger charge is 2.19. The van der Waals surface area contributed by atoms with Gasteiger partial charge in [-0.25, -0.2) is 19.9 Å². The molecule has 0 aliphatic carbocycles. The fraction of sp³-hybridized carbons (Fsp3) is 0. The minimum atomic E-state index is 0.634. The van der Waals surface area contributed by atoms with E-state index in [4.69, 9.17) is 19.9 Å². The van der Waals surface area contributed by atoms with Crippen molar-refractivity contribution in [3.63, 3.8) is 0 Å². The quantitative estimate of drug-likeness (QED) is 0.164. The van der Waals surface area contributed by atoms with Crippen LogP contribution in [0.2, 0.25) is 0 Å². The van der Waals surface area contributed by atoms with E-state index < -0.39 is 0 Å². The molecule has 0 N–H and O–H groups in total. The van der Waals surface area contributed by atoms with Gasteiger partial charge in [-0.05, 0) is 63.0 Å². The van der Waals surface area contributed by atoms with Crippen LogP contribution in [0.3, 0.4) is 0 Å². The van der Waals surface area contributed by atoms with Crippen molar-refractivity contribution in [2.24, 2.45) is 0 Å². The Bertz CT molecular complexity index is 3530. The summed E-state index contributed by atoms with van der Waals surface area (Å²) in [6.07, 6.45) is 0. The van der Waals surface area contributed by atoms with Crippen molar-refractivity contribution in [2.45, 2.75) is 0 Å². The first-order valence-electron chi connectivity index (χ1n) is 19.8. The molecule has 9 aromatic carbocycles. The molecule has 0 amide bonds. The van der Waals surface area contributed by atoms with Crippen LogP contribution >= 0.6 is 11.3 Å². The summed E-state index contributed by atoms with van der Waals surface area (Å²) in [5, 5.41) is 10.7. The predicted molar refractivity (Wildman–Crippen MR) is 248 cm³/mol. The number of aromatic nitrogens is 4. The Morgan fingerprint density at radius 1 is 0.322 bits per heavy atom. The standard InChI is InChI=1S/C54H32N4S/c1-2-14-35(15-3-1)50-44-28-29-47-49(48(44)43-20-8-9-23-46(43)55-50)45-22-11-21-42(51(45)59-47)38-18-10-19-39(32-38)52-56-53(40-26-24-33-12-4-6-16-36(33)30-40)58-54(57-52)41-27-25-34-13-5-7-17-37(34)31-41/h1-32H. The summed E-state index contributed by atoms with van der Waals surface area (Å²) >= 11 is 1.85. The second kappa shape index (κ2) is 13.5. The first-order chi connectivity index (χ1) is 29.2. The zero-order valence-corrected chi connectivity index (χ0v) is 32.5. The molecule has 12 rings (SSSR count). The van der Waals surface area contributed by atoms with Crippen molar-refractivity contribution in [1.82, 2.24) is 19.9 Å². The molecule has 0 spiro atoms. The number of para-hydroxylation sites is 1. The topological polar surface area (TPSA) is 51.6 Å². The molecule has 274 valence electrons. The van der Waals surface area contributed by atoms with E-state index in [0.717, 1.165) is 55.2 Å². The molecule has 0 saturated heterocycles. The lowest BCUT2D eigenvalue weighted by atomic mass is 9.95. The van der Waals surface area contributed by atoms with E-state index >= 15 is 0 Å². The molecule has 0 radical (unpaired) electrons. The SMILES string of the molecule is c1ccc(-c2nc3ccccc3c3c2ccc2sc4c(-c5cccc(-c6nc(-c7ccc8ccccc8c7)nc(-c7ccc8ccccc8c7)n6)c5)cccc4c23)cc1. The van der Waals surface area contributed by atoms with Gasteiger partial charge in [-0.1, -0.05) is 164 Å². The van der Waals surface area contributed by atoms with Crippen LogP contribution in [-0.4, -0.2) is 19.9 Å². The van der Waals surface area contributed by atoms with Crippen molar-refractivity contribution >= 4 is 74.7 Å². The highest BCUT2D eigenvalue weighted by atomic mass is 32.1. The fourth-order valence-electron chi connectivity index (χ4n) is 8.62. The van der Waals surface area contributed by atoms with Crippen LogP contribution in [0.5, 0.6) is 0 Å². The molecule has 3 heterocycles. The Morgan fingerprint density at radius 2 is 0.881 bits per heavy atom. The molecule has 0 aliphatic rings.